The van der Waals surface area contributed by atoms with Gasteiger partial charge in [-0.1, -0.05) is 97.4 Å². The highest BCUT2D eigenvalue weighted by Crippen LogP contribution is 2.56. The van der Waals surface area contributed by atoms with Crippen LogP contribution in [0, 0.1) is 45.8 Å². The van der Waals surface area contributed by atoms with Crippen LogP contribution in [0.4, 0.5) is 5.69 Å². The number of nitriles is 1. The number of ether oxygens (including phenoxy) is 2. The van der Waals surface area contributed by atoms with Crippen molar-refractivity contribution in [1.29, 1.82) is 5.26 Å². The van der Waals surface area contributed by atoms with E-state index in [-0.39, 0.29) is 59.0 Å². The molecule has 374 valence electrons. The largest absolute Gasteiger partial charge is 0.489 e. The van der Waals surface area contributed by atoms with Crippen LogP contribution in [0.2, 0.25) is 5.02 Å². The predicted molar refractivity (Wildman–Crippen MR) is 276 cm³/mol. The van der Waals surface area contributed by atoms with E-state index >= 15 is 0 Å². The topological polar surface area (TPSA) is 137 Å². The Labute approximate surface area is 420 Å². The standard InChI is InChI=1S/C56H74ClN9O4/c1-34(2)36-17-19-47(43(24-36)45-33-63(7)51(68)49-48(45)44(30-59-49)35-12-9-8-10-13-35)69-41-15-11-14-39(25-41)66-31-40(32-66)64-20-22-65(23-21-64)54-60-28-38(29-61-54)50(67)62-52-55(3,4)53(56(52,5)6)70-42-18-16-37(27-58)46(57)26-42/h11,14-19,24-26,33-35,38,40,44,48-49,52-54,59-61H,8-10,12-13,20-23,28-32H2,1-7H3,(H,62,67). The van der Waals surface area contributed by atoms with Crippen molar-refractivity contribution in [2.24, 2.45) is 34.5 Å². The van der Waals surface area contributed by atoms with Crippen LogP contribution in [-0.4, -0.2) is 123 Å². The molecule has 0 bridgehead atoms. The number of benzene rings is 3. The maximum atomic E-state index is 13.7. The molecule has 70 heavy (non-hydrogen) atoms. The quantitative estimate of drug-likeness (QED) is 0.143. The molecule has 0 spiro atoms. The average molecular weight is 973 g/mol. The minimum atomic E-state index is -0.316. The zero-order valence-electron chi connectivity index (χ0n) is 42.3. The first-order valence-electron chi connectivity index (χ1n) is 26.1. The Balaban J connectivity index is 0.710. The van der Waals surface area contributed by atoms with Crippen LogP contribution >= 0.6 is 11.6 Å². The summed E-state index contributed by atoms with van der Waals surface area (Å²) in [5, 5.41) is 24.0. The number of nitrogens with zero attached hydrogens (tertiary/aromatic N) is 5. The maximum Gasteiger partial charge on any atom is 0.244 e. The number of likely N-dealkylation sites (N-methyl/N-ethyl adjacent to an activating group) is 1. The summed E-state index contributed by atoms with van der Waals surface area (Å²) >= 11 is 6.30. The number of halogens is 1. The molecular formula is C56H74ClN9O4. The third-order valence-electron chi connectivity index (χ3n) is 17.4. The van der Waals surface area contributed by atoms with Crippen molar-refractivity contribution >= 4 is 34.7 Å². The molecule has 3 aromatic rings. The van der Waals surface area contributed by atoms with Crippen molar-refractivity contribution in [3.8, 4) is 23.3 Å². The van der Waals surface area contributed by atoms with E-state index in [2.05, 4.69) is 132 Å². The Bertz CT molecular complexity index is 2480. The highest BCUT2D eigenvalue weighted by Gasteiger charge is 2.64. The van der Waals surface area contributed by atoms with E-state index < -0.39 is 0 Å². The van der Waals surface area contributed by atoms with E-state index in [0.29, 0.717) is 53.2 Å². The number of rotatable bonds is 12. The average Bonchev–Trinajstić information content (AvgIpc) is 3.80. The Hall–Kier alpha value is -4.68. The minimum absolute atomic E-state index is 0.0370. The summed E-state index contributed by atoms with van der Waals surface area (Å²) in [7, 11) is 1.90. The van der Waals surface area contributed by atoms with Crippen molar-refractivity contribution in [2.75, 3.05) is 70.9 Å². The molecule has 14 heteroatoms. The summed E-state index contributed by atoms with van der Waals surface area (Å²) in [5.74, 6) is 3.89. The Kier molecular flexibility index (Phi) is 13.8. The lowest BCUT2D eigenvalue weighted by Gasteiger charge is -2.63. The van der Waals surface area contributed by atoms with Crippen LogP contribution < -0.4 is 35.6 Å². The molecular weight excluding hydrogens is 898 g/mol. The van der Waals surface area contributed by atoms with E-state index in [1.54, 1.807) is 23.1 Å². The van der Waals surface area contributed by atoms with Crippen LogP contribution in [0.1, 0.15) is 96.3 Å². The molecule has 2 aliphatic carbocycles. The Morgan fingerprint density at radius 3 is 2.27 bits per heavy atom. The number of carbonyl (C=O) groups is 2. The highest BCUT2D eigenvalue weighted by atomic mass is 35.5. The molecule has 5 aliphatic heterocycles. The van der Waals surface area contributed by atoms with Gasteiger partial charge in [0.05, 0.1) is 22.5 Å². The molecule has 3 unspecified atom stereocenters. The number of piperazine rings is 1. The van der Waals surface area contributed by atoms with Crippen LogP contribution in [-0.2, 0) is 9.59 Å². The van der Waals surface area contributed by atoms with E-state index in [1.165, 1.54) is 48.9 Å². The third-order valence-corrected chi connectivity index (χ3v) is 17.7. The summed E-state index contributed by atoms with van der Waals surface area (Å²) in [5.41, 5.74) is 4.56. The van der Waals surface area contributed by atoms with Gasteiger partial charge in [-0.2, -0.15) is 5.26 Å². The molecule has 0 aromatic heterocycles. The van der Waals surface area contributed by atoms with Crippen molar-refractivity contribution in [1.82, 2.24) is 36.0 Å². The first kappa shape index (κ1) is 48.9. The number of anilines is 1. The van der Waals surface area contributed by atoms with Crippen LogP contribution in [0.5, 0.6) is 17.2 Å². The summed E-state index contributed by atoms with van der Waals surface area (Å²) in [6, 6.07) is 22.7. The third kappa shape index (κ3) is 9.33. The molecule has 6 fully saturated rings. The van der Waals surface area contributed by atoms with E-state index in [9.17, 15) is 14.9 Å². The van der Waals surface area contributed by atoms with Gasteiger partial charge in [0.25, 0.3) is 0 Å². The second kappa shape index (κ2) is 19.7. The smallest absolute Gasteiger partial charge is 0.244 e. The van der Waals surface area contributed by atoms with Crippen LogP contribution in [0.15, 0.2) is 66.9 Å². The van der Waals surface area contributed by atoms with Gasteiger partial charge in [-0.25, -0.2) is 0 Å². The number of hydrogen-bond acceptors (Lipinski definition) is 11. The molecule has 2 saturated carbocycles. The predicted octanol–water partition coefficient (Wildman–Crippen LogP) is 7.62. The van der Waals surface area contributed by atoms with Gasteiger partial charge < -0.3 is 29.9 Å². The summed E-state index contributed by atoms with van der Waals surface area (Å²) in [6.45, 7) is 21.0. The number of fused-ring (bicyclic) bond motifs is 1. The molecule has 10 rings (SSSR count). The second-order valence-electron chi connectivity index (χ2n) is 22.9. The molecule has 5 heterocycles. The molecule has 13 nitrogen and oxygen atoms in total. The maximum absolute atomic E-state index is 13.7. The number of amides is 2. The highest BCUT2D eigenvalue weighted by molar-refractivity contribution is 6.31. The zero-order chi connectivity index (χ0) is 49.1. The van der Waals surface area contributed by atoms with Gasteiger partial charge in [0.1, 0.15) is 35.7 Å². The lowest BCUT2D eigenvalue weighted by atomic mass is 9.49. The molecule has 3 aromatic carbocycles. The summed E-state index contributed by atoms with van der Waals surface area (Å²) in [6.07, 6.45) is 8.39. The zero-order valence-corrected chi connectivity index (χ0v) is 43.0. The van der Waals surface area contributed by atoms with E-state index in [4.69, 9.17) is 21.1 Å². The molecule has 7 aliphatic rings. The van der Waals surface area contributed by atoms with Gasteiger partial charge in [0, 0.05) is 118 Å². The lowest BCUT2D eigenvalue weighted by Crippen LogP contribution is -2.75. The monoisotopic (exact) mass is 972 g/mol. The number of carbonyl (C=O) groups excluding carboxylic acids is 2. The van der Waals surface area contributed by atoms with Crippen LogP contribution in [0.25, 0.3) is 5.57 Å². The Morgan fingerprint density at radius 1 is 0.871 bits per heavy atom. The van der Waals surface area contributed by atoms with E-state index in [0.717, 1.165) is 62.9 Å². The van der Waals surface area contributed by atoms with Crippen LogP contribution in [0.3, 0.4) is 0 Å². The normalized spacial score (nSPS) is 29.4. The molecule has 4 saturated heterocycles. The summed E-state index contributed by atoms with van der Waals surface area (Å²) < 4.78 is 13.3. The number of hydrogen-bond donors (Lipinski definition) is 4. The van der Waals surface area contributed by atoms with Crippen molar-refractivity contribution in [3.05, 3.63) is 88.6 Å². The molecule has 2 amide bonds. The van der Waals surface area contributed by atoms with Crippen molar-refractivity contribution in [3.63, 3.8) is 0 Å². The van der Waals surface area contributed by atoms with Crippen molar-refractivity contribution in [2.45, 2.75) is 110 Å². The van der Waals surface area contributed by atoms with Gasteiger partial charge in [-0.05, 0) is 71.8 Å². The van der Waals surface area contributed by atoms with Gasteiger partial charge in [0.2, 0.25) is 11.8 Å². The molecule has 4 N–H and O–H groups in total. The first-order valence-corrected chi connectivity index (χ1v) is 26.5. The Morgan fingerprint density at radius 2 is 1.59 bits per heavy atom. The second-order valence-corrected chi connectivity index (χ2v) is 23.3. The van der Waals surface area contributed by atoms with E-state index in [1.807, 2.05) is 7.05 Å². The molecule has 3 atom stereocenters. The van der Waals surface area contributed by atoms with Gasteiger partial charge in [-0.3, -0.25) is 30.0 Å². The van der Waals surface area contributed by atoms with Gasteiger partial charge in [0.15, 0.2) is 0 Å². The molecule has 0 radical (unpaired) electrons. The fourth-order valence-corrected chi connectivity index (χ4v) is 13.8. The first-order chi connectivity index (χ1) is 33.6. The van der Waals surface area contributed by atoms with Crippen molar-refractivity contribution < 1.29 is 19.1 Å². The van der Waals surface area contributed by atoms with Gasteiger partial charge in [-0.15, -0.1) is 0 Å². The SMILES string of the molecule is CC(C)c1ccc(Oc2cccc(N3CC(N4CCN(C5NCC(C(=O)NC6C(C)(C)C(Oc7ccc(C#N)c(Cl)c7)C6(C)C)CN5)CC4)C3)c2)c(C2=CN(C)C(=O)C3NCC(C4CCCCC4)C23)c1. The number of nitrogens with one attached hydrogen (secondary N) is 4. The van der Waals surface area contributed by atoms with Gasteiger partial charge >= 0.3 is 0 Å². The fraction of sp³-hybridized carbons (Fsp3) is 0.589. The lowest BCUT2D eigenvalue weighted by molar-refractivity contribution is -0.174. The minimum Gasteiger partial charge on any atom is -0.489 e. The fourth-order valence-electron chi connectivity index (χ4n) is 13.6. The summed E-state index contributed by atoms with van der Waals surface area (Å²) in [4.78, 5) is 36.7.